The Kier molecular flexibility index (Phi) is 6.09. The second-order valence-electron chi connectivity index (χ2n) is 7.11. The van der Waals surface area contributed by atoms with E-state index in [2.05, 4.69) is 10.6 Å². The normalized spacial score (nSPS) is 17.5. The van der Waals surface area contributed by atoms with Crippen LogP contribution in [0.1, 0.15) is 38.5 Å². The van der Waals surface area contributed by atoms with Crippen molar-refractivity contribution in [2.24, 2.45) is 0 Å². The average Bonchev–Trinajstić information content (AvgIpc) is 3.23. The van der Waals surface area contributed by atoms with Gasteiger partial charge in [0.2, 0.25) is 0 Å². The van der Waals surface area contributed by atoms with Gasteiger partial charge < -0.3 is 15.4 Å². The summed E-state index contributed by atoms with van der Waals surface area (Å²) >= 11 is 0. The van der Waals surface area contributed by atoms with Crippen molar-refractivity contribution in [2.75, 3.05) is 18.5 Å². The van der Waals surface area contributed by atoms with Crippen LogP contribution in [0.15, 0.2) is 18.2 Å². The Labute approximate surface area is 165 Å². The average molecular weight is 409 g/mol. The monoisotopic (exact) mass is 409 g/mol. The lowest BCUT2D eigenvalue weighted by Gasteiger charge is -2.19. The number of rotatable bonds is 7. The van der Waals surface area contributed by atoms with Gasteiger partial charge in [0.15, 0.2) is 6.61 Å². The van der Waals surface area contributed by atoms with Crippen LogP contribution in [0.2, 0.25) is 0 Å². The molecule has 0 unspecified atom stereocenters. The highest BCUT2D eigenvalue weighted by molar-refractivity contribution is 6.07. The van der Waals surface area contributed by atoms with Gasteiger partial charge in [-0.3, -0.25) is 19.3 Å². The molecule has 2 fully saturated rings. The lowest BCUT2D eigenvalue weighted by Crippen LogP contribution is -2.44. The fourth-order valence-electron chi connectivity index (χ4n) is 3.58. The molecule has 3 rings (SSSR count). The Morgan fingerprint density at radius 1 is 1.21 bits per heavy atom. The third-order valence-corrected chi connectivity index (χ3v) is 5.03. The molecule has 8 nitrogen and oxygen atoms in total. The Hall–Kier alpha value is -3.04. The number of urea groups is 1. The van der Waals surface area contributed by atoms with Gasteiger partial charge in [0.05, 0.1) is 5.69 Å². The molecule has 2 N–H and O–H groups in total. The molecule has 2 aliphatic rings. The van der Waals surface area contributed by atoms with Crippen molar-refractivity contribution < 1.29 is 32.7 Å². The standard InChI is InChI=1S/C19H21F2N3O5/c20-12-5-6-13(21)14(10-12)22-15(25)11-29-16(26)4-3-9-24-17(27)19(23-18(24)28)7-1-2-8-19/h5-6,10H,1-4,7-9,11H2,(H,22,25)(H,23,28). The number of amides is 4. The Morgan fingerprint density at radius 3 is 2.66 bits per heavy atom. The van der Waals surface area contributed by atoms with E-state index >= 15 is 0 Å². The fraction of sp³-hybridized carbons (Fsp3) is 0.474. The summed E-state index contributed by atoms with van der Waals surface area (Å²) in [6, 6.07) is 2.12. The second kappa shape index (κ2) is 8.54. The number of nitrogens with zero attached hydrogens (tertiary/aromatic N) is 1. The zero-order valence-electron chi connectivity index (χ0n) is 15.6. The predicted octanol–water partition coefficient (Wildman–Crippen LogP) is 2.09. The maximum atomic E-state index is 13.5. The fourth-order valence-corrected chi connectivity index (χ4v) is 3.58. The van der Waals surface area contributed by atoms with Crippen molar-refractivity contribution in [3.63, 3.8) is 0 Å². The SMILES string of the molecule is O=C(COC(=O)CCCN1C(=O)NC2(CCCC2)C1=O)Nc1cc(F)ccc1F. The first-order chi connectivity index (χ1) is 13.8. The number of hydrogen-bond acceptors (Lipinski definition) is 5. The lowest BCUT2D eigenvalue weighted by atomic mass is 9.98. The van der Waals surface area contributed by atoms with E-state index in [1.807, 2.05) is 0 Å². The number of hydrogen-bond donors (Lipinski definition) is 2. The summed E-state index contributed by atoms with van der Waals surface area (Å²) in [5.41, 5.74) is -1.15. The molecule has 1 saturated heterocycles. The summed E-state index contributed by atoms with van der Waals surface area (Å²) in [5, 5.41) is 4.86. The molecule has 4 amide bonds. The zero-order chi connectivity index (χ0) is 21.0. The van der Waals surface area contributed by atoms with Crippen LogP contribution in [0.3, 0.4) is 0 Å². The number of nitrogens with one attached hydrogen (secondary N) is 2. The molecule has 1 aromatic rings. The molecule has 1 saturated carbocycles. The molecule has 156 valence electrons. The first-order valence-electron chi connectivity index (χ1n) is 9.35. The van der Waals surface area contributed by atoms with Gasteiger partial charge >= 0.3 is 12.0 Å². The van der Waals surface area contributed by atoms with Crippen LogP contribution in [0.4, 0.5) is 19.3 Å². The largest absolute Gasteiger partial charge is 0.456 e. The van der Waals surface area contributed by atoms with Crippen LogP contribution < -0.4 is 10.6 Å². The van der Waals surface area contributed by atoms with Crippen LogP contribution in [0.25, 0.3) is 0 Å². The molecule has 0 aromatic heterocycles. The summed E-state index contributed by atoms with van der Waals surface area (Å²) in [5.74, 6) is -3.33. The Balaban J connectivity index is 1.39. The molecule has 0 radical (unpaired) electrons. The van der Waals surface area contributed by atoms with Crippen molar-refractivity contribution in [1.29, 1.82) is 0 Å². The number of benzene rings is 1. The minimum absolute atomic E-state index is 0.0716. The van der Waals surface area contributed by atoms with E-state index in [1.54, 1.807) is 0 Å². The highest BCUT2D eigenvalue weighted by Crippen LogP contribution is 2.35. The molecule has 1 aliphatic carbocycles. The lowest BCUT2D eigenvalue weighted by molar-refractivity contribution is -0.147. The van der Waals surface area contributed by atoms with Gasteiger partial charge in [-0.05, 0) is 31.4 Å². The van der Waals surface area contributed by atoms with E-state index in [9.17, 15) is 28.0 Å². The maximum absolute atomic E-state index is 13.5. The van der Waals surface area contributed by atoms with E-state index in [1.165, 1.54) is 0 Å². The number of ether oxygens (including phenoxy) is 1. The summed E-state index contributed by atoms with van der Waals surface area (Å²) in [6.07, 6.45) is 3.09. The molecular formula is C19H21F2N3O5. The molecule has 1 aromatic carbocycles. The third kappa shape index (κ3) is 4.69. The van der Waals surface area contributed by atoms with Crippen molar-refractivity contribution in [3.05, 3.63) is 29.8 Å². The number of carbonyl (C=O) groups is 4. The molecule has 0 atom stereocenters. The molecule has 1 spiro atoms. The number of anilines is 1. The van der Waals surface area contributed by atoms with Gasteiger partial charge in [0, 0.05) is 19.0 Å². The van der Waals surface area contributed by atoms with Gasteiger partial charge in [-0.2, -0.15) is 0 Å². The van der Waals surface area contributed by atoms with Crippen LogP contribution >= 0.6 is 0 Å². The quantitative estimate of drug-likeness (QED) is 0.530. The van der Waals surface area contributed by atoms with E-state index in [-0.39, 0.29) is 31.0 Å². The molecular weight excluding hydrogens is 388 g/mol. The van der Waals surface area contributed by atoms with Crippen molar-refractivity contribution in [1.82, 2.24) is 10.2 Å². The van der Waals surface area contributed by atoms with Gasteiger partial charge in [-0.15, -0.1) is 0 Å². The number of esters is 1. The summed E-state index contributed by atoms with van der Waals surface area (Å²) < 4.78 is 31.3. The third-order valence-electron chi connectivity index (χ3n) is 5.03. The molecule has 0 bridgehead atoms. The van der Waals surface area contributed by atoms with Crippen LogP contribution in [-0.4, -0.2) is 47.4 Å². The summed E-state index contributed by atoms with van der Waals surface area (Å²) in [7, 11) is 0. The molecule has 10 heteroatoms. The van der Waals surface area contributed by atoms with Crippen molar-refractivity contribution in [2.45, 2.75) is 44.1 Å². The van der Waals surface area contributed by atoms with Crippen molar-refractivity contribution >= 4 is 29.5 Å². The minimum atomic E-state index is -0.820. The van der Waals surface area contributed by atoms with Gasteiger partial charge in [0.25, 0.3) is 11.8 Å². The Bertz CT molecular complexity index is 839. The van der Waals surface area contributed by atoms with E-state index in [4.69, 9.17) is 4.74 Å². The second-order valence-corrected chi connectivity index (χ2v) is 7.11. The van der Waals surface area contributed by atoms with Crippen LogP contribution in [0, 0.1) is 11.6 Å². The minimum Gasteiger partial charge on any atom is -0.456 e. The highest BCUT2D eigenvalue weighted by Gasteiger charge is 2.52. The van der Waals surface area contributed by atoms with Gasteiger partial charge in [-0.25, -0.2) is 13.6 Å². The van der Waals surface area contributed by atoms with Crippen LogP contribution in [-0.2, 0) is 19.1 Å². The zero-order valence-corrected chi connectivity index (χ0v) is 15.6. The van der Waals surface area contributed by atoms with Crippen molar-refractivity contribution in [3.8, 4) is 0 Å². The summed E-state index contributed by atoms with van der Waals surface area (Å²) in [4.78, 5) is 49.1. The van der Waals surface area contributed by atoms with E-state index < -0.39 is 41.7 Å². The Morgan fingerprint density at radius 2 is 1.93 bits per heavy atom. The molecule has 1 aliphatic heterocycles. The maximum Gasteiger partial charge on any atom is 0.325 e. The number of halogens is 2. The summed E-state index contributed by atoms with van der Waals surface area (Å²) in [6.45, 7) is -0.594. The van der Waals surface area contributed by atoms with E-state index in [0.717, 1.165) is 35.9 Å². The highest BCUT2D eigenvalue weighted by atomic mass is 19.1. The van der Waals surface area contributed by atoms with E-state index in [0.29, 0.717) is 12.8 Å². The van der Waals surface area contributed by atoms with Gasteiger partial charge in [-0.1, -0.05) is 12.8 Å². The topological polar surface area (TPSA) is 105 Å². The smallest absolute Gasteiger partial charge is 0.325 e. The first kappa shape index (κ1) is 20.7. The first-order valence-corrected chi connectivity index (χ1v) is 9.35. The molecule has 1 heterocycles. The van der Waals surface area contributed by atoms with Crippen LogP contribution in [0.5, 0.6) is 0 Å². The number of imide groups is 1. The van der Waals surface area contributed by atoms with Gasteiger partial charge in [0.1, 0.15) is 17.2 Å². The number of carbonyl (C=O) groups excluding carboxylic acids is 4. The predicted molar refractivity (Wildman–Crippen MR) is 96.6 cm³/mol. The molecule has 29 heavy (non-hydrogen) atoms.